The van der Waals surface area contributed by atoms with Crippen LogP contribution in [0.25, 0.3) is 0 Å². The monoisotopic (exact) mass is 365 g/mol. The zero-order chi connectivity index (χ0) is 18.9. The maximum atomic E-state index is 12.7. The second kappa shape index (κ2) is 7.06. The summed E-state index contributed by atoms with van der Waals surface area (Å²) in [5, 5.41) is 22.1. The molecule has 1 unspecified atom stereocenters. The molecule has 3 amide bonds. The van der Waals surface area contributed by atoms with Crippen molar-refractivity contribution < 1.29 is 14.7 Å². The lowest BCUT2D eigenvalue weighted by atomic mass is 10.0. The van der Waals surface area contributed by atoms with E-state index in [1.54, 1.807) is 31.6 Å². The van der Waals surface area contributed by atoms with E-state index in [-0.39, 0.29) is 19.1 Å². The smallest absolute Gasteiger partial charge is 0.332 e. The Morgan fingerprint density at radius 3 is 2.52 bits per heavy atom. The maximum absolute atomic E-state index is 12.7. The Morgan fingerprint density at radius 2 is 2.00 bits per heavy atom. The first-order chi connectivity index (χ1) is 11.6. The van der Waals surface area contributed by atoms with Crippen LogP contribution < -0.4 is 4.90 Å². The summed E-state index contributed by atoms with van der Waals surface area (Å²) in [7, 11) is 2.58. The molecular weight excluding hydrogens is 341 g/mol. The van der Waals surface area contributed by atoms with Crippen LogP contribution in [0.5, 0.6) is 0 Å². The van der Waals surface area contributed by atoms with Gasteiger partial charge in [-0.15, -0.1) is 9.24 Å². The fourth-order valence-corrected chi connectivity index (χ4v) is 3.10. The molecule has 1 aromatic rings. The number of carbonyl (C=O) groups is 2. The van der Waals surface area contributed by atoms with E-state index in [2.05, 4.69) is 14.3 Å². The van der Waals surface area contributed by atoms with Gasteiger partial charge in [-0.3, -0.25) is 9.48 Å². The van der Waals surface area contributed by atoms with Crippen LogP contribution in [-0.4, -0.2) is 56.1 Å². The zero-order valence-corrected chi connectivity index (χ0v) is 16.1. The van der Waals surface area contributed by atoms with Crippen molar-refractivity contribution in [3.63, 3.8) is 0 Å². The number of nitrogens with one attached hydrogen (secondary N) is 1. The number of aliphatic hydroxyl groups excluding tert-OH is 1. The highest BCUT2D eigenvalue weighted by Crippen LogP contribution is 2.31. The predicted octanol–water partition coefficient (Wildman–Crippen LogP) is 1.61. The molecule has 1 saturated heterocycles. The molecule has 2 heterocycles. The Morgan fingerprint density at radius 1 is 1.36 bits per heavy atom. The minimum atomic E-state index is -1.02. The van der Waals surface area contributed by atoms with Crippen molar-refractivity contribution in [3.05, 3.63) is 23.3 Å². The number of nitrogens with zero attached hydrogens (tertiary/aromatic N) is 4. The maximum Gasteiger partial charge on any atom is 0.332 e. The first-order valence-electron chi connectivity index (χ1n) is 7.91. The normalized spacial score (nSPS) is 18.0. The van der Waals surface area contributed by atoms with E-state index in [4.69, 9.17) is 10.5 Å². The number of anilines is 1. The summed E-state index contributed by atoms with van der Waals surface area (Å²) in [5.41, 5.74) is 0.621. The molecule has 0 saturated carbocycles. The Labute approximate surface area is 149 Å². The average Bonchev–Trinajstić information content (AvgIpc) is 3.02. The number of amides is 3. The third kappa shape index (κ3) is 3.50. The van der Waals surface area contributed by atoms with Crippen LogP contribution in [0.3, 0.4) is 0 Å². The molecule has 0 aromatic carbocycles. The number of β-amino-alcohol motifs (C(OH)–C–C–N with tert-alkyl or cyclic N) is 1. The van der Waals surface area contributed by atoms with E-state index in [0.717, 1.165) is 15.8 Å². The van der Waals surface area contributed by atoms with Gasteiger partial charge in [-0.25, -0.2) is 9.69 Å². The highest BCUT2D eigenvalue weighted by molar-refractivity contribution is 7.22. The minimum absolute atomic E-state index is 0.0916. The third-order valence-corrected chi connectivity index (χ3v) is 4.62. The molecule has 25 heavy (non-hydrogen) atoms. The highest BCUT2D eigenvalue weighted by atomic mass is 31.0. The Hall–Kier alpha value is -2.05. The Kier molecular flexibility index (Phi) is 5.44. The van der Waals surface area contributed by atoms with Gasteiger partial charge in [-0.1, -0.05) is 0 Å². The van der Waals surface area contributed by atoms with Crippen LogP contribution in [0.15, 0.2) is 23.3 Å². The quantitative estimate of drug-likeness (QED) is 0.454. The molecule has 2 N–H and O–H groups in total. The van der Waals surface area contributed by atoms with Gasteiger partial charge in [0.15, 0.2) is 0 Å². The molecule has 1 atom stereocenters. The van der Waals surface area contributed by atoms with Crippen molar-refractivity contribution in [2.24, 2.45) is 0 Å². The van der Waals surface area contributed by atoms with Crippen LogP contribution in [0, 0.1) is 5.41 Å². The van der Waals surface area contributed by atoms with Crippen LogP contribution >= 0.6 is 9.24 Å². The van der Waals surface area contributed by atoms with Gasteiger partial charge in [0.25, 0.3) is 5.91 Å². The summed E-state index contributed by atoms with van der Waals surface area (Å²) < 4.78 is 1.60. The third-order valence-electron chi connectivity index (χ3n) is 4.27. The van der Waals surface area contributed by atoms with Gasteiger partial charge in [0.05, 0.1) is 25.0 Å². The lowest BCUT2D eigenvalue weighted by Gasteiger charge is -2.26. The minimum Gasteiger partial charge on any atom is -0.395 e. The number of hydrogen-bond donors (Lipinski definition) is 2. The summed E-state index contributed by atoms with van der Waals surface area (Å²) >= 11 is 0. The topological polar surface area (TPSA) is 103 Å². The molecule has 1 fully saturated rings. The number of rotatable bonds is 6. The Balaban J connectivity index is 2.31. The number of aliphatic hydroxyl groups is 1. The fourth-order valence-electron chi connectivity index (χ4n) is 2.79. The van der Waals surface area contributed by atoms with Crippen LogP contribution in [-0.2, 0) is 11.3 Å². The second-order valence-electron chi connectivity index (χ2n) is 6.54. The van der Waals surface area contributed by atoms with Crippen molar-refractivity contribution >= 4 is 32.6 Å². The second-order valence-corrected chi connectivity index (χ2v) is 7.41. The van der Waals surface area contributed by atoms with Gasteiger partial charge in [-0.05, 0) is 38.6 Å². The molecule has 1 aliphatic rings. The molecule has 2 rings (SSSR count). The summed E-state index contributed by atoms with van der Waals surface area (Å²) in [4.78, 5) is 27.7. The number of allylic oxidation sites excluding steroid dienone is 2. The standard InChI is InChI=1S/C16H24N5O3P/c1-10(17)13(11(2)25)9-19-8-12(7-18-19)21-14(23)16(3,4)20(5-6-22)15(21)24/h7-8,17,22H,5-6,9,25H2,1-4H3/b13-11-,17-10?. The first kappa shape index (κ1) is 19.3. The lowest BCUT2D eigenvalue weighted by Crippen LogP contribution is -2.45. The van der Waals surface area contributed by atoms with E-state index >= 15 is 0 Å². The first-order valence-corrected chi connectivity index (χ1v) is 8.49. The summed E-state index contributed by atoms with van der Waals surface area (Å²) in [6.45, 7) is 7.17. The molecule has 0 spiro atoms. The van der Waals surface area contributed by atoms with Crippen molar-refractivity contribution in [1.29, 1.82) is 5.41 Å². The number of aromatic nitrogens is 2. The van der Waals surface area contributed by atoms with Crippen molar-refractivity contribution in [1.82, 2.24) is 14.7 Å². The van der Waals surface area contributed by atoms with Gasteiger partial charge >= 0.3 is 6.03 Å². The van der Waals surface area contributed by atoms with Crippen molar-refractivity contribution in [2.75, 3.05) is 18.1 Å². The molecule has 0 aliphatic carbocycles. The van der Waals surface area contributed by atoms with E-state index in [1.165, 1.54) is 11.1 Å². The van der Waals surface area contributed by atoms with Gasteiger partial charge in [-0.2, -0.15) is 5.10 Å². The molecular formula is C16H24N5O3P. The largest absolute Gasteiger partial charge is 0.395 e. The van der Waals surface area contributed by atoms with E-state index in [1.807, 2.05) is 6.92 Å². The lowest BCUT2D eigenvalue weighted by molar-refractivity contribution is -0.123. The molecule has 1 aliphatic heterocycles. The summed E-state index contributed by atoms with van der Waals surface area (Å²) in [6, 6.07) is -0.468. The fraction of sp³-hybridized carbons (Fsp3) is 0.500. The van der Waals surface area contributed by atoms with Gasteiger partial charge in [0.2, 0.25) is 0 Å². The molecule has 0 bridgehead atoms. The number of hydrogen-bond acceptors (Lipinski definition) is 5. The zero-order valence-electron chi connectivity index (χ0n) is 14.9. The van der Waals surface area contributed by atoms with Crippen molar-refractivity contribution in [2.45, 2.75) is 39.8 Å². The average molecular weight is 365 g/mol. The SMILES string of the molecule is CC(=N)/C(Cn1cc(N2C(=O)N(CCO)C(C)(C)C2=O)cn1)=C(/C)P. The predicted molar refractivity (Wildman–Crippen MR) is 98.8 cm³/mol. The van der Waals surface area contributed by atoms with E-state index in [0.29, 0.717) is 17.9 Å². The Bertz CT molecular complexity index is 749. The number of carbonyl (C=O) groups excluding carboxylic acids is 2. The van der Waals surface area contributed by atoms with Crippen LogP contribution in [0.1, 0.15) is 27.7 Å². The molecule has 8 nitrogen and oxygen atoms in total. The molecule has 0 radical (unpaired) electrons. The van der Waals surface area contributed by atoms with Gasteiger partial charge in [0, 0.05) is 18.5 Å². The van der Waals surface area contributed by atoms with E-state index in [9.17, 15) is 9.59 Å². The van der Waals surface area contributed by atoms with Crippen molar-refractivity contribution in [3.8, 4) is 0 Å². The number of urea groups is 1. The van der Waals surface area contributed by atoms with Gasteiger partial charge in [0.1, 0.15) is 5.54 Å². The number of imide groups is 1. The van der Waals surface area contributed by atoms with Gasteiger partial charge < -0.3 is 15.4 Å². The van der Waals surface area contributed by atoms with E-state index < -0.39 is 11.6 Å². The highest BCUT2D eigenvalue weighted by Gasteiger charge is 2.51. The summed E-state index contributed by atoms with van der Waals surface area (Å²) in [6.07, 6.45) is 3.08. The summed E-state index contributed by atoms with van der Waals surface area (Å²) in [5.74, 6) is -0.355. The molecule has 1 aromatic heterocycles. The van der Waals surface area contributed by atoms with Crippen LogP contribution in [0.2, 0.25) is 0 Å². The molecule has 9 heteroatoms. The van der Waals surface area contributed by atoms with Crippen LogP contribution in [0.4, 0.5) is 10.5 Å². The molecule has 136 valence electrons.